The zero-order chi connectivity index (χ0) is 18.2. The molecule has 2 aromatic heterocycles. The third-order valence-electron chi connectivity index (χ3n) is 3.22. The fourth-order valence-corrected chi connectivity index (χ4v) is 2.99. The minimum absolute atomic E-state index is 0.158. The van der Waals surface area contributed by atoms with Gasteiger partial charge in [0, 0.05) is 12.3 Å². The van der Waals surface area contributed by atoms with Crippen LogP contribution in [0.3, 0.4) is 0 Å². The lowest BCUT2D eigenvalue weighted by atomic mass is 10.3. The summed E-state index contributed by atoms with van der Waals surface area (Å²) in [6.07, 6.45) is -4.04. The van der Waals surface area contributed by atoms with Gasteiger partial charge in [-0.25, -0.2) is 9.37 Å². The van der Waals surface area contributed by atoms with E-state index in [4.69, 9.17) is 0 Å². The van der Waals surface area contributed by atoms with E-state index in [1.54, 1.807) is 0 Å². The summed E-state index contributed by atoms with van der Waals surface area (Å²) in [7, 11) is 0. The van der Waals surface area contributed by atoms with E-state index in [9.17, 15) is 27.2 Å². The van der Waals surface area contributed by atoms with Crippen molar-refractivity contribution in [2.75, 3.05) is 5.32 Å². The Kier molecular flexibility index (Phi) is 4.29. The Labute approximate surface area is 141 Å². The molecule has 0 fully saturated rings. The Balaban J connectivity index is 1.79. The Morgan fingerprint density at radius 2 is 2.00 bits per heavy atom. The van der Waals surface area contributed by atoms with Gasteiger partial charge in [0.15, 0.2) is 5.13 Å². The summed E-state index contributed by atoms with van der Waals surface area (Å²) in [5.41, 5.74) is -1.30. The average molecular weight is 371 g/mol. The van der Waals surface area contributed by atoms with E-state index in [1.807, 2.05) is 0 Å². The molecule has 1 amide bonds. The lowest BCUT2D eigenvalue weighted by Gasteiger charge is -2.10. The van der Waals surface area contributed by atoms with Crippen molar-refractivity contribution in [2.24, 2.45) is 0 Å². The fraction of sp³-hybridized carbons (Fsp3) is 0.133. The van der Waals surface area contributed by atoms with Crippen LogP contribution in [0.4, 0.5) is 22.7 Å². The minimum Gasteiger partial charge on any atom is -0.305 e. The molecular weight excluding hydrogens is 362 g/mol. The van der Waals surface area contributed by atoms with Crippen molar-refractivity contribution < 1.29 is 22.4 Å². The normalized spacial score (nSPS) is 11.7. The van der Waals surface area contributed by atoms with E-state index < -0.39 is 35.6 Å². The maximum Gasteiger partial charge on any atom is 0.417 e. The van der Waals surface area contributed by atoms with Gasteiger partial charge in [-0.2, -0.15) is 13.2 Å². The predicted octanol–water partition coefficient (Wildman–Crippen LogP) is 3.25. The molecule has 0 radical (unpaired) electrons. The number of rotatable bonds is 3. The molecule has 0 saturated carbocycles. The highest BCUT2D eigenvalue weighted by Gasteiger charge is 2.31. The smallest absolute Gasteiger partial charge is 0.305 e. The third-order valence-corrected chi connectivity index (χ3v) is 4.16. The zero-order valence-electron chi connectivity index (χ0n) is 12.3. The van der Waals surface area contributed by atoms with Crippen LogP contribution in [-0.4, -0.2) is 15.5 Å². The number of fused-ring (bicyclic) bond motifs is 1. The lowest BCUT2D eigenvalue weighted by Crippen LogP contribution is -2.28. The van der Waals surface area contributed by atoms with Crippen molar-refractivity contribution in [1.82, 2.24) is 9.55 Å². The van der Waals surface area contributed by atoms with Gasteiger partial charge >= 0.3 is 6.18 Å². The van der Waals surface area contributed by atoms with Crippen LogP contribution >= 0.6 is 11.3 Å². The molecule has 0 bridgehead atoms. The molecule has 25 heavy (non-hydrogen) atoms. The first-order valence-corrected chi connectivity index (χ1v) is 7.68. The van der Waals surface area contributed by atoms with E-state index in [2.05, 4.69) is 10.3 Å². The first-order chi connectivity index (χ1) is 11.7. The second kappa shape index (κ2) is 6.28. The fourth-order valence-electron chi connectivity index (χ4n) is 2.09. The number of hydrogen-bond donors (Lipinski definition) is 1. The first-order valence-electron chi connectivity index (χ1n) is 6.86. The Morgan fingerprint density at radius 1 is 1.24 bits per heavy atom. The molecule has 0 aliphatic carbocycles. The van der Waals surface area contributed by atoms with Crippen LogP contribution in [0, 0.1) is 5.82 Å². The van der Waals surface area contributed by atoms with Gasteiger partial charge in [0.25, 0.3) is 5.56 Å². The Morgan fingerprint density at radius 3 is 2.72 bits per heavy atom. The van der Waals surface area contributed by atoms with Gasteiger partial charge in [0.1, 0.15) is 12.4 Å². The minimum atomic E-state index is -4.62. The van der Waals surface area contributed by atoms with Gasteiger partial charge in [-0.05, 0) is 24.3 Å². The summed E-state index contributed by atoms with van der Waals surface area (Å²) in [6, 6.07) is 5.30. The summed E-state index contributed by atoms with van der Waals surface area (Å²) in [4.78, 5) is 27.7. The standard InChI is InChI=1S/C15H9F4N3O2S/c16-9-2-3-10-11(5-9)25-14(20-10)21-12(23)7-22-6-8(15(17,18)19)1-4-13(22)24/h1-6H,7H2,(H,20,21,23). The van der Waals surface area contributed by atoms with Gasteiger partial charge in [-0.15, -0.1) is 0 Å². The van der Waals surface area contributed by atoms with Crippen LogP contribution in [0.1, 0.15) is 5.56 Å². The van der Waals surface area contributed by atoms with E-state index in [-0.39, 0.29) is 5.13 Å². The van der Waals surface area contributed by atoms with E-state index >= 15 is 0 Å². The van der Waals surface area contributed by atoms with Crippen LogP contribution in [0.5, 0.6) is 0 Å². The number of thiazole rings is 1. The van der Waals surface area contributed by atoms with Gasteiger partial charge in [-0.3, -0.25) is 9.59 Å². The van der Waals surface area contributed by atoms with Gasteiger partial charge in [-0.1, -0.05) is 11.3 Å². The molecule has 0 spiro atoms. The molecule has 0 unspecified atom stereocenters. The van der Waals surface area contributed by atoms with Crippen LogP contribution in [-0.2, 0) is 17.5 Å². The van der Waals surface area contributed by atoms with Gasteiger partial charge < -0.3 is 9.88 Å². The monoisotopic (exact) mass is 371 g/mol. The van der Waals surface area contributed by atoms with Gasteiger partial charge in [0.2, 0.25) is 5.91 Å². The number of pyridine rings is 1. The first kappa shape index (κ1) is 17.1. The number of alkyl halides is 3. The van der Waals surface area contributed by atoms with Crippen LogP contribution in [0.2, 0.25) is 0 Å². The number of benzene rings is 1. The third kappa shape index (κ3) is 3.85. The van der Waals surface area contributed by atoms with Gasteiger partial charge in [0.05, 0.1) is 15.8 Å². The highest BCUT2D eigenvalue weighted by molar-refractivity contribution is 7.22. The molecule has 3 aromatic rings. The van der Waals surface area contributed by atoms with Crippen molar-refractivity contribution >= 4 is 32.6 Å². The van der Waals surface area contributed by atoms with E-state index in [0.29, 0.717) is 27.0 Å². The lowest BCUT2D eigenvalue weighted by molar-refractivity contribution is -0.138. The molecule has 2 heterocycles. The number of hydrogen-bond acceptors (Lipinski definition) is 4. The second-order valence-corrected chi connectivity index (χ2v) is 6.09. The molecule has 0 saturated heterocycles. The number of nitrogens with zero attached hydrogens (tertiary/aromatic N) is 2. The topological polar surface area (TPSA) is 64.0 Å². The Hall–Kier alpha value is -2.75. The number of aromatic nitrogens is 2. The summed E-state index contributed by atoms with van der Waals surface area (Å²) in [5, 5.41) is 2.55. The summed E-state index contributed by atoms with van der Waals surface area (Å²) < 4.78 is 52.3. The molecule has 0 aliphatic heterocycles. The van der Waals surface area contributed by atoms with E-state index in [1.165, 1.54) is 18.2 Å². The van der Waals surface area contributed by atoms with Crippen molar-refractivity contribution in [2.45, 2.75) is 12.7 Å². The number of halogens is 4. The predicted molar refractivity (Wildman–Crippen MR) is 83.9 cm³/mol. The van der Waals surface area contributed by atoms with Crippen molar-refractivity contribution in [3.63, 3.8) is 0 Å². The van der Waals surface area contributed by atoms with Crippen LogP contribution in [0.25, 0.3) is 10.2 Å². The maximum atomic E-state index is 13.1. The molecule has 5 nitrogen and oxygen atoms in total. The van der Waals surface area contributed by atoms with Crippen LogP contribution in [0.15, 0.2) is 41.3 Å². The average Bonchev–Trinajstić information content (AvgIpc) is 2.89. The molecule has 3 rings (SSSR count). The highest BCUT2D eigenvalue weighted by Crippen LogP contribution is 2.28. The number of nitrogens with one attached hydrogen (secondary N) is 1. The molecule has 1 N–H and O–H groups in total. The summed E-state index contributed by atoms with van der Waals surface area (Å²) >= 11 is 1.01. The maximum absolute atomic E-state index is 13.1. The van der Waals surface area contributed by atoms with Crippen molar-refractivity contribution in [3.8, 4) is 0 Å². The zero-order valence-corrected chi connectivity index (χ0v) is 13.1. The molecule has 130 valence electrons. The molecule has 10 heteroatoms. The number of carbonyl (C=O) groups excluding carboxylic acids is 1. The summed E-state index contributed by atoms with van der Waals surface area (Å²) in [6.45, 7) is -0.604. The highest BCUT2D eigenvalue weighted by atomic mass is 32.1. The van der Waals surface area contributed by atoms with E-state index in [0.717, 1.165) is 17.4 Å². The SMILES string of the molecule is O=C(Cn1cc(C(F)(F)F)ccc1=O)Nc1nc2ccc(F)cc2s1. The summed E-state index contributed by atoms with van der Waals surface area (Å²) in [5.74, 6) is -1.18. The number of anilines is 1. The molecule has 0 atom stereocenters. The Bertz CT molecular complexity index is 1010. The number of amides is 1. The molecular formula is C15H9F4N3O2S. The quantitative estimate of drug-likeness (QED) is 0.719. The number of carbonyl (C=O) groups is 1. The molecule has 0 aliphatic rings. The van der Waals surface area contributed by atoms with Crippen molar-refractivity contribution in [3.05, 3.63) is 58.3 Å². The largest absolute Gasteiger partial charge is 0.417 e. The van der Waals surface area contributed by atoms with Crippen molar-refractivity contribution in [1.29, 1.82) is 0 Å². The second-order valence-electron chi connectivity index (χ2n) is 5.06. The molecule has 1 aromatic carbocycles. The van der Waals surface area contributed by atoms with Crippen LogP contribution < -0.4 is 10.9 Å².